The van der Waals surface area contributed by atoms with Gasteiger partial charge in [0.2, 0.25) is 17.8 Å². The van der Waals surface area contributed by atoms with Gasteiger partial charge in [-0.05, 0) is 19.1 Å². The molecule has 0 spiro atoms. The number of aliphatic hydroxyl groups is 3. The summed E-state index contributed by atoms with van der Waals surface area (Å²) in [5, 5.41) is 50.8. The highest BCUT2D eigenvalue weighted by molar-refractivity contribution is 6.22. The van der Waals surface area contributed by atoms with Gasteiger partial charge in [0.05, 0.1) is 24.0 Å². The first kappa shape index (κ1) is 21.3. The third-order valence-corrected chi connectivity index (χ3v) is 5.76. The molecule has 0 unspecified atom stereocenters. The van der Waals surface area contributed by atoms with E-state index in [1.54, 1.807) is 0 Å². The van der Waals surface area contributed by atoms with Gasteiger partial charge in [-0.2, -0.15) is 0 Å². The van der Waals surface area contributed by atoms with Crippen LogP contribution in [-0.4, -0.2) is 63.3 Å². The Balaban J connectivity index is 1.82. The number of aromatic hydroxyl groups is 2. The minimum atomic E-state index is -1.72. The van der Waals surface area contributed by atoms with Gasteiger partial charge in [-0.25, -0.2) is 9.59 Å². The van der Waals surface area contributed by atoms with Gasteiger partial charge in [0.1, 0.15) is 18.3 Å². The summed E-state index contributed by atoms with van der Waals surface area (Å²) in [6.45, 7) is 1.43. The highest BCUT2D eigenvalue weighted by Crippen LogP contribution is 2.45. The molecule has 33 heavy (non-hydrogen) atoms. The summed E-state index contributed by atoms with van der Waals surface area (Å²) in [6, 6.07) is 2.11. The molecule has 5 rings (SSSR count). The van der Waals surface area contributed by atoms with E-state index < -0.39 is 59.2 Å². The van der Waals surface area contributed by atoms with E-state index in [1.165, 1.54) is 14.0 Å². The fourth-order valence-corrected chi connectivity index (χ4v) is 4.10. The second kappa shape index (κ2) is 7.22. The second-order valence-corrected chi connectivity index (χ2v) is 7.74. The summed E-state index contributed by atoms with van der Waals surface area (Å²) >= 11 is 0. The summed E-state index contributed by atoms with van der Waals surface area (Å²) in [6.07, 6.45) is -7.24. The largest absolute Gasteiger partial charge is 0.504 e. The first-order valence-electron chi connectivity index (χ1n) is 9.79. The number of phenolic OH excluding ortho intramolecular Hbond substituents is 2. The lowest BCUT2D eigenvalue weighted by molar-refractivity contribution is -0.268. The van der Waals surface area contributed by atoms with Crippen molar-refractivity contribution in [2.45, 2.75) is 37.6 Å². The molecule has 12 heteroatoms. The summed E-state index contributed by atoms with van der Waals surface area (Å²) < 4.78 is 26.7. The van der Waals surface area contributed by atoms with Crippen molar-refractivity contribution in [1.82, 2.24) is 0 Å². The minimum Gasteiger partial charge on any atom is -0.504 e. The van der Waals surface area contributed by atoms with E-state index in [-0.39, 0.29) is 38.5 Å². The fraction of sp³-hybridized carbons (Fsp3) is 0.333. The minimum absolute atomic E-state index is 0.0286. The molecular formula is C21H18O12. The van der Waals surface area contributed by atoms with Crippen LogP contribution in [0.5, 0.6) is 23.0 Å². The first-order valence-corrected chi connectivity index (χ1v) is 9.79. The molecule has 2 aromatic carbocycles. The van der Waals surface area contributed by atoms with E-state index >= 15 is 0 Å². The number of phenols is 2. The van der Waals surface area contributed by atoms with Crippen LogP contribution < -0.4 is 20.7 Å². The van der Waals surface area contributed by atoms with Crippen LogP contribution in [-0.2, 0) is 4.74 Å². The van der Waals surface area contributed by atoms with Crippen LogP contribution >= 0.6 is 0 Å². The number of rotatable bonds is 3. The standard InChI is InChI=1S/C21H18O12/c1-5-12(24)13(25)14(26)21(30-5)33-16-9(23)4-7-11-10-6(20(28)32-18(11)16)3-8(22)15(29-2)17(10)31-19(7)27/h3-5,12-14,21-26H,1-2H3/t5-,12-,13+,14+,21-/m0/s1. The molecule has 5 atom stereocenters. The molecule has 4 aromatic rings. The topological polar surface area (TPSA) is 189 Å². The van der Waals surface area contributed by atoms with Gasteiger partial charge in [-0.1, -0.05) is 0 Å². The second-order valence-electron chi connectivity index (χ2n) is 7.74. The molecule has 0 bridgehead atoms. The SMILES string of the molecule is COc1c(O)cc2c(=O)oc3c(O[C@@H]4O[C@@H](C)[C@H](O)[C@@H](O)[C@H]4O)c(O)cc4c(=O)oc1c2c34. The Kier molecular flexibility index (Phi) is 4.65. The number of benzene rings is 2. The quantitative estimate of drug-likeness (QED) is 0.204. The van der Waals surface area contributed by atoms with Gasteiger partial charge >= 0.3 is 11.3 Å². The molecule has 5 N–H and O–H groups in total. The monoisotopic (exact) mass is 462 g/mol. The summed E-state index contributed by atoms with van der Waals surface area (Å²) in [7, 11) is 1.23. The molecule has 0 radical (unpaired) electrons. The van der Waals surface area contributed by atoms with E-state index in [2.05, 4.69) is 0 Å². The maximum absolute atomic E-state index is 12.7. The number of hydrogen-bond acceptors (Lipinski definition) is 12. The molecule has 1 aliphatic rings. The molecule has 0 saturated carbocycles. The van der Waals surface area contributed by atoms with Crippen molar-refractivity contribution in [2.24, 2.45) is 0 Å². The molecule has 174 valence electrons. The molecule has 2 aromatic heterocycles. The predicted molar refractivity (Wildman–Crippen MR) is 110 cm³/mol. The Hall–Kier alpha value is -3.58. The van der Waals surface area contributed by atoms with E-state index in [4.69, 9.17) is 23.0 Å². The van der Waals surface area contributed by atoms with E-state index in [9.17, 15) is 35.1 Å². The number of aliphatic hydroxyl groups excluding tert-OH is 3. The van der Waals surface area contributed by atoms with Gasteiger partial charge < -0.3 is 48.6 Å². The smallest absolute Gasteiger partial charge is 0.344 e. The van der Waals surface area contributed by atoms with Gasteiger partial charge in [0.25, 0.3) is 0 Å². The van der Waals surface area contributed by atoms with E-state index in [0.717, 1.165) is 12.1 Å². The zero-order chi connectivity index (χ0) is 23.8. The Morgan fingerprint density at radius 3 is 1.88 bits per heavy atom. The Morgan fingerprint density at radius 2 is 1.33 bits per heavy atom. The van der Waals surface area contributed by atoms with Crippen LogP contribution in [0.15, 0.2) is 30.6 Å². The normalized spacial score (nSPS) is 25.8. The fourth-order valence-electron chi connectivity index (χ4n) is 4.10. The lowest BCUT2D eigenvalue weighted by Crippen LogP contribution is -2.58. The molecule has 1 aliphatic heterocycles. The van der Waals surface area contributed by atoms with Crippen LogP contribution in [0.2, 0.25) is 0 Å². The highest BCUT2D eigenvalue weighted by atomic mass is 16.7. The molecule has 3 heterocycles. The Bertz CT molecular complexity index is 1500. The average Bonchev–Trinajstić information content (AvgIpc) is 2.77. The lowest BCUT2D eigenvalue weighted by Gasteiger charge is -2.38. The molecular weight excluding hydrogens is 444 g/mol. The summed E-state index contributed by atoms with van der Waals surface area (Å²) in [4.78, 5) is 25.4. The Morgan fingerprint density at radius 1 is 0.818 bits per heavy atom. The van der Waals surface area contributed by atoms with Crippen molar-refractivity contribution in [3.63, 3.8) is 0 Å². The maximum Gasteiger partial charge on any atom is 0.344 e. The van der Waals surface area contributed by atoms with E-state index in [1.807, 2.05) is 0 Å². The summed E-state index contributed by atoms with van der Waals surface area (Å²) in [5.74, 6) is -1.75. The first-order chi connectivity index (χ1) is 15.6. The van der Waals surface area contributed by atoms with Crippen molar-refractivity contribution in [2.75, 3.05) is 7.11 Å². The van der Waals surface area contributed by atoms with Crippen molar-refractivity contribution in [3.05, 3.63) is 33.0 Å². The summed E-state index contributed by atoms with van der Waals surface area (Å²) in [5.41, 5.74) is -2.46. The van der Waals surface area contributed by atoms with Gasteiger partial charge in [0.15, 0.2) is 22.7 Å². The molecule has 1 saturated heterocycles. The lowest BCUT2D eigenvalue weighted by atomic mass is 9.99. The van der Waals surface area contributed by atoms with Crippen LogP contribution in [0.3, 0.4) is 0 Å². The average molecular weight is 462 g/mol. The number of methoxy groups -OCH3 is 1. The van der Waals surface area contributed by atoms with E-state index in [0.29, 0.717) is 0 Å². The van der Waals surface area contributed by atoms with Crippen LogP contribution in [0.4, 0.5) is 0 Å². The van der Waals surface area contributed by atoms with Crippen molar-refractivity contribution >= 4 is 32.7 Å². The van der Waals surface area contributed by atoms with Crippen LogP contribution in [0, 0.1) is 0 Å². The third-order valence-electron chi connectivity index (χ3n) is 5.76. The number of ether oxygens (including phenoxy) is 3. The highest BCUT2D eigenvalue weighted by Gasteiger charge is 2.44. The third kappa shape index (κ3) is 2.92. The van der Waals surface area contributed by atoms with Gasteiger partial charge in [0, 0.05) is 10.8 Å². The van der Waals surface area contributed by atoms with Gasteiger partial charge in [-0.3, -0.25) is 0 Å². The molecule has 1 fully saturated rings. The van der Waals surface area contributed by atoms with Crippen LogP contribution in [0.25, 0.3) is 32.7 Å². The Labute approximate surface area is 182 Å². The number of hydrogen-bond donors (Lipinski definition) is 5. The maximum atomic E-state index is 12.7. The molecule has 0 aliphatic carbocycles. The predicted octanol–water partition coefficient (Wildman–Crippen LogP) is 0.116. The van der Waals surface area contributed by atoms with Crippen LogP contribution in [0.1, 0.15) is 6.92 Å². The van der Waals surface area contributed by atoms with Crippen molar-refractivity contribution < 1.29 is 48.6 Å². The van der Waals surface area contributed by atoms with Crippen molar-refractivity contribution in [3.8, 4) is 23.0 Å². The molecule has 0 amide bonds. The zero-order valence-electron chi connectivity index (χ0n) is 17.1. The van der Waals surface area contributed by atoms with Gasteiger partial charge in [-0.15, -0.1) is 0 Å². The zero-order valence-corrected chi connectivity index (χ0v) is 17.1. The van der Waals surface area contributed by atoms with Crippen molar-refractivity contribution in [1.29, 1.82) is 0 Å². The molecule has 12 nitrogen and oxygen atoms in total.